The normalized spacial score (nSPS) is 14.1. The Labute approximate surface area is 187 Å². The lowest BCUT2D eigenvalue weighted by molar-refractivity contribution is 0.0837. The second kappa shape index (κ2) is 9.89. The third kappa shape index (κ3) is 5.49. The maximum Gasteiger partial charge on any atom is 0.257 e. The van der Waals surface area contributed by atoms with Crippen molar-refractivity contribution in [2.75, 3.05) is 6.61 Å². The highest BCUT2D eigenvalue weighted by Gasteiger charge is 2.24. The SMILES string of the molecule is Cc1ccc(CC(CON)NC(=O)c2cnncc2Oc2cccc(C3CC3)c2)c(C)c1. The van der Waals surface area contributed by atoms with Crippen molar-refractivity contribution in [1.82, 2.24) is 15.5 Å². The number of nitrogens with zero attached hydrogens (tertiary/aromatic N) is 2. The molecule has 166 valence electrons. The van der Waals surface area contributed by atoms with E-state index in [2.05, 4.69) is 53.6 Å². The molecule has 1 heterocycles. The molecule has 1 aromatic heterocycles. The summed E-state index contributed by atoms with van der Waals surface area (Å²) in [4.78, 5) is 18.0. The van der Waals surface area contributed by atoms with Gasteiger partial charge >= 0.3 is 0 Å². The number of ether oxygens (including phenoxy) is 1. The first kappa shape index (κ1) is 21.9. The smallest absolute Gasteiger partial charge is 0.257 e. The molecule has 0 bridgehead atoms. The summed E-state index contributed by atoms with van der Waals surface area (Å²) in [6.45, 7) is 4.29. The second-order valence-corrected chi connectivity index (χ2v) is 8.35. The van der Waals surface area contributed by atoms with Gasteiger partial charge in [0.25, 0.3) is 5.91 Å². The van der Waals surface area contributed by atoms with Gasteiger partial charge in [-0.25, -0.2) is 5.90 Å². The van der Waals surface area contributed by atoms with Crippen LogP contribution in [0.3, 0.4) is 0 Å². The van der Waals surface area contributed by atoms with E-state index >= 15 is 0 Å². The van der Waals surface area contributed by atoms with E-state index in [1.807, 2.05) is 18.2 Å². The molecule has 1 unspecified atom stereocenters. The van der Waals surface area contributed by atoms with Gasteiger partial charge in [0, 0.05) is 0 Å². The van der Waals surface area contributed by atoms with Crippen LogP contribution in [-0.4, -0.2) is 28.8 Å². The van der Waals surface area contributed by atoms with Crippen LogP contribution in [0.25, 0.3) is 0 Å². The molecule has 0 spiro atoms. The van der Waals surface area contributed by atoms with E-state index in [4.69, 9.17) is 15.5 Å². The molecular weight excluding hydrogens is 404 g/mol. The average molecular weight is 433 g/mol. The Kier molecular flexibility index (Phi) is 6.78. The summed E-state index contributed by atoms with van der Waals surface area (Å²) in [5.41, 5.74) is 5.03. The molecule has 0 saturated heterocycles. The Morgan fingerprint density at radius 1 is 1.16 bits per heavy atom. The largest absolute Gasteiger partial charge is 0.455 e. The van der Waals surface area contributed by atoms with Gasteiger partial charge in [0.05, 0.1) is 25.0 Å². The average Bonchev–Trinajstić information content (AvgIpc) is 3.62. The summed E-state index contributed by atoms with van der Waals surface area (Å²) >= 11 is 0. The molecular formula is C25H28N4O3. The number of nitrogens with two attached hydrogens (primary N) is 1. The Hall–Kier alpha value is -3.29. The van der Waals surface area contributed by atoms with Gasteiger partial charge in [-0.05, 0) is 67.9 Å². The van der Waals surface area contributed by atoms with Crippen LogP contribution in [0.5, 0.6) is 11.5 Å². The lowest BCUT2D eigenvalue weighted by Crippen LogP contribution is -2.40. The first-order valence-corrected chi connectivity index (χ1v) is 10.8. The number of carbonyl (C=O) groups is 1. The maximum absolute atomic E-state index is 13.1. The number of rotatable bonds is 9. The number of aromatic nitrogens is 2. The molecule has 2 aromatic carbocycles. The van der Waals surface area contributed by atoms with Crippen LogP contribution in [0.4, 0.5) is 0 Å². The zero-order valence-electron chi connectivity index (χ0n) is 18.4. The highest BCUT2D eigenvalue weighted by Crippen LogP contribution is 2.41. The lowest BCUT2D eigenvalue weighted by Gasteiger charge is -2.20. The van der Waals surface area contributed by atoms with Crippen LogP contribution < -0.4 is 16.0 Å². The molecule has 1 fully saturated rings. The van der Waals surface area contributed by atoms with E-state index < -0.39 is 0 Å². The minimum absolute atomic E-state index is 0.178. The van der Waals surface area contributed by atoms with E-state index in [0.29, 0.717) is 29.4 Å². The van der Waals surface area contributed by atoms with E-state index in [1.54, 1.807) is 0 Å². The molecule has 0 radical (unpaired) electrons. The summed E-state index contributed by atoms with van der Waals surface area (Å²) in [6, 6.07) is 13.9. The Bertz CT molecular complexity index is 1100. The van der Waals surface area contributed by atoms with Crippen molar-refractivity contribution in [2.24, 2.45) is 5.90 Å². The van der Waals surface area contributed by atoms with Crippen LogP contribution >= 0.6 is 0 Å². The Balaban J connectivity index is 1.50. The predicted octanol–water partition coefficient (Wildman–Crippen LogP) is 3.99. The van der Waals surface area contributed by atoms with Gasteiger partial charge < -0.3 is 14.9 Å². The fourth-order valence-corrected chi connectivity index (χ4v) is 3.81. The molecule has 1 amide bonds. The number of amides is 1. The highest BCUT2D eigenvalue weighted by atomic mass is 16.6. The van der Waals surface area contributed by atoms with Crippen molar-refractivity contribution in [3.05, 3.63) is 82.7 Å². The minimum atomic E-state index is -0.319. The molecule has 3 N–H and O–H groups in total. The zero-order valence-corrected chi connectivity index (χ0v) is 18.4. The fraction of sp³-hybridized carbons (Fsp3) is 0.320. The fourth-order valence-electron chi connectivity index (χ4n) is 3.81. The molecule has 0 aliphatic heterocycles. The molecule has 4 rings (SSSR count). The Morgan fingerprint density at radius 2 is 1.97 bits per heavy atom. The van der Waals surface area contributed by atoms with Gasteiger partial charge in [0.15, 0.2) is 5.75 Å². The van der Waals surface area contributed by atoms with Crippen LogP contribution in [-0.2, 0) is 11.3 Å². The molecule has 1 aliphatic carbocycles. The summed E-state index contributed by atoms with van der Waals surface area (Å²) in [5.74, 6) is 6.65. The van der Waals surface area contributed by atoms with Crippen LogP contribution in [0, 0.1) is 13.8 Å². The molecule has 1 aliphatic rings. The van der Waals surface area contributed by atoms with Crippen LogP contribution in [0.1, 0.15) is 51.4 Å². The quantitative estimate of drug-likeness (QED) is 0.496. The number of benzene rings is 2. The van der Waals surface area contributed by atoms with Crippen molar-refractivity contribution in [1.29, 1.82) is 0 Å². The Morgan fingerprint density at radius 3 is 2.72 bits per heavy atom. The zero-order chi connectivity index (χ0) is 22.5. The number of aryl methyl sites for hydroxylation is 2. The van der Waals surface area contributed by atoms with Gasteiger partial charge in [-0.15, -0.1) is 0 Å². The molecule has 7 nitrogen and oxygen atoms in total. The number of nitrogens with one attached hydrogen (secondary N) is 1. The molecule has 1 atom stereocenters. The van der Waals surface area contributed by atoms with E-state index in [9.17, 15) is 4.79 Å². The van der Waals surface area contributed by atoms with Gasteiger partial charge in [-0.1, -0.05) is 35.9 Å². The van der Waals surface area contributed by atoms with Crippen molar-refractivity contribution in [3.63, 3.8) is 0 Å². The molecule has 1 saturated carbocycles. The van der Waals surface area contributed by atoms with Crippen LogP contribution in [0.15, 0.2) is 54.9 Å². The lowest BCUT2D eigenvalue weighted by atomic mass is 9.99. The van der Waals surface area contributed by atoms with Gasteiger partial charge in [-0.3, -0.25) is 4.79 Å². The number of hydrogen-bond acceptors (Lipinski definition) is 6. The first-order valence-electron chi connectivity index (χ1n) is 10.8. The van der Waals surface area contributed by atoms with E-state index in [-0.39, 0.29) is 18.6 Å². The topological polar surface area (TPSA) is 99.4 Å². The van der Waals surface area contributed by atoms with Crippen LogP contribution in [0.2, 0.25) is 0 Å². The number of carbonyl (C=O) groups excluding carboxylic acids is 1. The van der Waals surface area contributed by atoms with E-state index in [0.717, 1.165) is 11.1 Å². The molecule has 7 heteroatoms. The maximum atomic E-state index is 13.1. The third-order valence-electron chi connectivity index (χ3n) is 5.67. The molecule has 3 aromatic rings. The van der Waals surface area contributed by atoms with Crippen molar-refractivity contribution in [3.8, 4) is 11.5 Å². The first-order chi connectivity index (χ1) is 15.5. The molecule has 32 heavy (non-hydrogen) atoms. The standard InChI is InChI=1S/C25H28N4O3/c1-16-6-7-19(17(2)10-16)11-21(15-31-26)29-25(30)23-13-27-28-14-24(23)32-22-5-3-4-20(12-22)18-8-9-18/h3-7,10,12-14,18,21H,8-9,11,15,26H2,1-2H3,(H,29,30). The van der Waals surface area contributed by atoms with E-state index in [1.165, 1.54) is 36.4 Å². The summed E-state index contributed by atoms with van der Waals surface area (Å²) in [6.07, 6.45) is 5.87. The third-order valence-corrected chi connectivity index (χ3v) is 5.67. The summed E-state index contributed by atoms with van der Waals surface area (Å²) in [7, 11) is 0. The van der Waals surface area contributed by atoms with Crippen molar-refractivity contribution >= 4 is 5.91 Å². The van der Waals surface area contributed by atoms with Gasteiger partial charge in [0.2, 0.25) is 0 Å². The second-order valence-electron chi connectivity index (χ2n) is 8.35. The minimum Gasteiger partial charge on any atom is -0.455 e. The summed E-state index contributed by atoms with van der Waals surface area (Å²) < 4.78 is 6.02. The highest BCUT2D eigenvalue weighted by molar-refractivity contribution is 5.96. The van der Waals surface area contributed by atoms with Crippen molar-refractivity contribution < 1.29 is 14.4 Å². The van der Waals surface area contributed by atoms with Gasteiger partial charge in [-0.2, -0.15) is 10.2 Å². The summed E-state index contributed by atoms with van der Waals surface area (Å²) in [5, 5.41) is 10.8. The monoisotopic (exact) mass is 432 g/mol. The van der Waals surface area contributed by atoms with Gasteiger partial charge in [0.1, 0.15) is 11.3 Å². The predicted molar refractivity (Wildman–Crippen MR) is 122 cm³/mol. The van der Waals surface area contributed by atoms with Crippen molar-refractivity contribution in [2.45, 2.75) is 45.1 Å². The number of hydrogen-bond donors (Lipinski definition) is 2.